The molecule has 1 rings (SSSR count). The zero-order valence-corrected chi connectivity index (χ0v) is 11.8. The fraction of sp³-hybridized carbons (Fsp3) is 0.455. The molecular weight excluding hydrogens is 299 g/mol. The summed E-state index contributed by atoms with van der Waals surface area (Å²) in [7, 11) is -3.00. The van der Waals surface area contributed by atoms with Crippen molar-refractivity contribution in [1.29, 1.82) is 0 Å². The Labute approximate surface area is 114 Å². The van der Waals surface area contributed by atoms with Crippen LogP contribution in [0.4, 0.5) is 13.2 Å². The molecule has 1 aromatic carbocycles. The van der Waals surface area contributed by atoms with Gasteiger partial charge in [0.1, 0.15) is 9.84 Å². The summed E-state index contributed by atoms with van der Waals surface area (Å²) in [6.45, 7) is 0.740. The van der Waals surface area contributed by atoms with Crippen LogP contribution in [0.15, 0.2) is 29.2 Å². The monoisotopic (exact) mass is 313 g/mol. The van der Waals surface area contributed by atoms with Crippen LogP contribution in [0.1, 0.15) is 5.56 Å². The molecule has 0 radical (unpaired) electrons. The first kappa shape index (κ1) is 16.3. The smallest absolute Gasteiger partial charge is 0.312 e. The van der Waals surface area contributed by atoms with Crippen molar-refractivity contribution in [2.75, 3.05) is 18.6 Å². The second-order valence-electron chi connectivity index (χ2n) is 4.00. The lowest BCUT2D eigenvalue weighted by Crippen LogP contribution is -2.21. The van der Waals surface area contributed by atoms with Gasteiger partial charge in [-0.1, -0.05) is 12.1 Å². The molecule has 1 aromatic rings. The molecule has 0 spiro atoms. The van der Waals surface area contributed by atoms with Crippen molar-refractivity contribution in [2.24, 2.45) is 0 Å². The Balaban J connectivity index is 2.40. The third-order valence-corrected chi connectivity index (χ3v) is 3.82. The van der Waals surface area contributed by atoms with Gasteiger partial charge in [-0.05, 0) is 29.5 Å². The van der Waals surface area contributed by atoms with Crippen LogP contribution in [0.2, 0.25) is 0 Å². The van der Waals surface area contributed by atoms with Crippen LogP contribution >= 0.6 is 11.8 Å². The molecule has 0 saturated heterocycles. The Morgan fingerprint density at radius 2 is 1.79 bits per heavy atom. The minimum atomic E-state index is -4.28. The van der Waals surface area contributed by atoms with Gasteiger partial charge in [-0.2, -0.15) is 13.2 Å². The summed E-state index contributed by atoms with van der Waals surface area (Å²) < 4.78 is 58.0. The van der Waals surface area contributed by atoms with E-state index in [1.54, 1.807) is 12.1 Å². The lowest BCUT2D eigenvalue weighted by atomic mass is 10.2. The molecular formula is C11H14F3NO2S2. The van der Waals surface area contributed by atoms with Gasteiger partial charge in [-0.15, -0.1) is 0 Å². The van der Waals surface area contributed by atoms with E-state index < -0.39 is 15.3 Å². The maximum absolute atomic E-state index is 12.1. The van der Waals surface area contributed by atoms with Crippen molar-refractivity contribution >= 4 is 21.6 Å². The van der Waals surface area contributed by atoms with Crippen molar-refractivity contribution in [1.82, 2.24) is 5.32 Å². The quantitative estimate of drug-likeness (QED) is 0.647. The Bertz CT molecular complexity index is 498. The van der Waals surface area contributed by atoms with Crippen molar-refractivity contribution < 1.29 is 21.6 Å². The van der Waals surface area contributed by atoms with E-state index in [0.29, 0.717) is 13.1 Å². The Hall–Kier alpha value is -0.730. The van der Waals surface area contributed by atoms with Crippen molar-refractivity contribution in [3.8, 4) is 0 Å². The molecule has 0 aliphatic rings. The van der Waals surface area contributed by atoms with Gasteiger partial charge in [-0.3, -0.25) is 0 Å². The second-order valence-corrected chi connectivity index (χ2v) is 7.40. The second kappa shape index (κ2) is 6.62. The molecule has 108 valence electrons. The molecule has 0 saturated carbocycles. The maximum Gasteiger partial charge on any atom is 0.446 e. The number of hydrogen-bond donors (Lipinski definition) is 1. The highest BCUT2D eigenvalue weighted by Crippen LogP contribution is 2.36. The lowest BCUT2D eigenvalue weighted by Gasteiger charge is -2.07. The van der Waals surface area contributed by atoms with E-state index in [1.807, 2.05) is 0 Å². The highest BCUT2D eigenvalue weighted by atomic mass is 32.2. The average molecular weight is 313 g/mol. The normalized spacial score (nSPS) is 12.6. The van der Waals surface area contributed by atoms with Gasteiger partial charge in [0.05, 0.1) is 5.75 Å². The summed E-state index contributed by atoms with van der Waals surface area (Å²) in [5.41, 5.74) is -3.48. The number of alkyl halides is 3. The Kier molecular flexibility index (Phi) is 5.69. The van der Waals surface area contributed by atoms with Crippen LogP contribution in [0.3, 0.4) is 0 Å². The molecule has 0 unspecified atom stereocenters. The molecule has 8 heteroatoms. The first-order valence-corrected chi connectivity index (χ1v) is 8.26. The van der Waals surface area contributed by atoms with Crippen molar-refractivity contribution in [3.05, 3.63) is 29.8 Å². The molecule has 0 atom stereocenters. The van der Waals surface area contributed by atoms with E-state index in [2.05, 4.69) is 5.32 Å². The van der Waals surface area contributed by atoms with E-state index in [4.69, 9.17) is 0 Å². The van der Waals surface area contributed by atoms with Gasteiger partial charge < -0.3 is 5.32 Å². The van der Waals surface area contributed by atoms with Crippen LogP contribution in [0, 0.1) is 0 Å². The molecule has 3 nitrogen and oxygen atoms in total. The van der Waals surface area contributed by atoms with Crippen LogP contribution in [-0.2, 0) is 16.4 Å². The molecule has 0 aliphatic carbocycles. The summed E-state index contributed by atoms with van der Waals surface area (Å²) >= 11 is -0.159. The molecule has 0 bridgehead atoms. The van der Waals surface area contributed by atoms with Crippen LogP contribution in [-0.4, -0.2) is 32.5 Å². The number of nitrogens with one attached hydrogen (secondary N) is 1. The number of hydrogen-bond acceptors (Lipinski definition) is 4. The van der Waals surface area contributed by atoms with E-state index in [-0.39, 0.29) is 22.4 Å². The van der Waals surface area contributed by atoms with Crippen LogP contribution in [0.5, 0.6) is 0 Å². The van der Waals surface area contributed by atoms with Crippen LogP contribution < -0.4 is 5.32 Å². The summed E-state index contributed by atoms with van der Waals surface area (Å²) in [4.78, 5) is 0.132. The minimum absolute atomic E-state index is 0.0367. The van der Waals surface area contributed by atoms with Crippen LogP contribution in [0.25, 0.3) is 0 Å². The highest BCUT2D eigenvalue weighted by molar-refractivity contribution is 8.00. The number of rotatable bonds is 6. The van der Waals surface area contributed by atoms with Gasteiger partial charge >= 0.3 is 5.51 Å². The topological polar surface area (TPSA) is 46.2 Å². The van der Waals surface area contributed by atoms with Gasteiger partial charge in [0.15, 0.2) is 0 Å². The first-order chi connectivity index (χ1) is 8.66. The Morgan fingerprint density at radius 1 is 1.21 bits per heavy atom. The predicted octanol–water partition coefficient (Wildman–Crippen LogP) is 2.43. The Morgan fingerprint density at radius 3 is 2.26 bits per heavy atom. The van der Waals surface area contributed by atoms with E-state index in [9.17, 15) is 21.6 Å². The number of sulfone groups is 1. The van der Waals surface area contributed by atoms with Crippen molar-refractivity contribution in [2.45, 2.75) is 16.9 Å². The predicted molar refractivity (Wildman–Crippen MR) is 69.8 cm³/mol. The molecule has 0 aromatic heterocycles. The third kappa shape index (κ3) is 8.12. The van der Waals surface area contributed by atoms with Gasteiger partial charge in [0.2, 0.25) is 0 Å². The molecule has 0 aliphatic heterocycles. The molecule has 19 heavy (non-hydrogen) atoms. The highest BCUT2D eigenvalue weighted by Gasteiger charge is 2.28. The largest absolute Gasteiger partial charge is 0.446 e. The minimum Gasteiger partial charge on any atom is -0.312 e. The summed E-state index contributed by atoms with van der Waals surface area (Å²) in [6, 6.07) is 5.96. The van der Waals surface area contributed by atoms with Gasteiger partial charge in [-0.25, -0.2) is 8.42 Å². The molecule has 0 heterocycles. The number of benzene rings is 1. The SMILES string of the molecule is CS(=O)(=O)CCNCc1ccc(SC(F)(F)F)cc1. The number of halogens is 3. The molecule has 0 amide bonds. The fourth-order valence-corrected chi connectivity index (χ4v) is 2.35. The maximum atomic E-state index is 12.1. The summed E-state index contributed by atoms with van der Waals surface area (Å²) in [5.74, 6) is 0.0367. The third-order valence-electron chi connectivity index (χ3n) is 2.14. The molecule has 1 N–H and O–H groups in total. The zero-order valence-electron chi connectivity index (χ0n) is 10.2. The summed E-state index contributed by atoms with van der Waals surface area (Å²) in [6.07, 6.45) is 1.15. The average Bonchev–Trinajstić information content (AvgIpc) is 2.23. The van der Waals surface area contributed by atoms with E-state index >= 15 is 0 Å². The summed E-state index contributed by atoms with van der Waals surface area (Å²) in [5, 5.41) is 2.92. The standard InChI is InChI=1S/C11H14F3NO2S2/c1-19(16,17)7-6-15-8-9-2-4-10(5-3-9)18-11(12,13)14/h2-5,15H,6-8H2,1H3. The van der Waals surface area contributed by atoms with Gasteiger partial charge in [0, 0.05) is 24.2 Å². The van der Waals surface area contributed by atoms with E-state index in [0.717, 1.165) is 11.8 Å². The van der Waals surface area contributed by atoms with Crippen molar-refractivity contribution in [3.63, 3.8) is 0 Å². The van der Waals surface area contributed by atoms with Gasteiger partial charge in [0.25, 0.3) is 0 Å². The van der Waals surface area contributed by atoms with E-state index in [1.165, 1.54) is 12.1 Å². The number of thioether (sulfide) groups is 1. The fourth-order valence-electron chi connectivity index (χ4n) is 1.30. The molecule has 0 fully saturated rings. The lowest BCUT2D eigenvalue weighted by molar-refractivity contribution is -0.0328. The first-order valence-electron chi connectivity index (χ1n) is 5.39. The zero-order chi connectivity index (χ0) is 14.5.